The molecule has 10 heteroatoms. The lowest BCUT2D eigenvalue weighted by Crippen LogP contribution is -2.19. The van der Waals surface area contributed by atoms with Gasteiger partial charge in [0.25, 0.3) is 5.91 Å². The Morgan fingerprint density at radius 1 is 1.25 bits per heavy atom. The van der Waals surface area contributed by atoms with E-state index in [0.29, 0.717) is 27.7 Å². The number of nitrogens with zero attached hydrogens (tertiary/aromatic N) is 2. The predicted molar refractivity (Wildman–Crippen MR) is 109 cm³/mol. The molecule has 0 fully saturated rings. The summed E-state index contributed by atoms with van der Waals surface area (Å²) in [6.07, 6.45) is 0.137. The minimum Gasteiger partial charge on any atom is -0.383 e. The van der Waals surface area contributed by atoms with E-state index < -0.39 is 10.0 Å². The fraction of sp³-hybridized carbons (Fsp3) is 0.222. The maximum absolute atomic E-state index is 12.4. The zero-order valence-electron chi connectivity index (χ0n) is 15.0. The molecule has 0 saturated carbocycles. The van der Waals surface area contributed by atoms with Crippen LogP contribution >= 0.6 is 22.9 Å². The Morgan fingerprint density at radius 2 is 1.96 bits per heavy atom. The van der Waals surface area contributed by atoms with E-state index in [1.807, 2.05) is 4.57 Å². The number of methoxy groups -OCH3 is 1. The van der Waals surface area contributed by atoms with Crippen LogP contribution in [0.3, 0.4) is 0 Å². The summed E-state index contributed by atoms with van der Waals surface area (Å²) in [6.45, 7) is 0.889. The summed E-state index contributed by atoms with van der Waals surface area (Å²) >= 11 is 7.09. The molecule has 3 aromatic rings. The number of benzene rings is 2. The van der Waals surface area contributed by atoms with Crippen molar-refractivity contribution >= 4 is 49.1 Å². The number of aromatic nitrogens is 1. The molecule has 0 aliphatic rings. The van der Waals surface area contributed by atoms with Crippen LogP contribution in [-0.4, -0.2) is 32.6 Å². The number of thiazole rings is 1. The molecule has 2 aromatic carbocycles. The van der Waals surface area contributed by atoms with Crippen molar-refractivity contribution in [2.24, 2.45) is 10.1 Å². The van der Waals surface area contributed by atoms with Crippen LogP contribution in [0.1, 0.15) is 5.56 Å². The number of carbonyl (C=O) groups is 1. The molecule has 0 unspecified atom stereocenters. The van der Waals surface area contributed by atoms with Gasteiger partial charge in [-0.05, 0) is 35.9 Å². The number of fused-ring (bicyclic) bond motifs is 1. The summed E-state index contributed by atoms with van der Waals surface area (Å²) in [7, 11) is -2.24. The molecule has 0 aliphatic carbocycles. The van der Waals surface area contributed by atoms with Crippen LogP contribution in [0.4, 0.5) is 0 Å². The molecule has 2 N–H and O–H groups in total. The van der Waals surface area contributed by atoms with Crippen molar-refractivity contribution in [3.05, 3.63) is 57.9 Å². The normalized spacial score (nSPS) is 12.6. The summed E-state index contributed by atoms with van der Waals surface area (Å²) in [5, 5.41) is 5.81. The minimum atomic E-state index is -3.82. The SMILES string of the molecule is COCCn1c(=NC(=O)Cc2ccc(Cl)cc2)sc2cc(S(N)(=O)=O)ccc21. The average Bonchev–Trinajstić information content (AvgIpc) is 2.97. The molecular formula is C18H18ClN3O4S2. The maximum atomic E-state index is 12.4. The number of sulfonamides is 1. The Hall–Kier alpha value is -2.04. The van der Waals surface area contributed by atoms with Crippen LogP contribution in [0.5, 0.6) is 0 Å². The molecule has 1 heterocycles. The Balaban J connectivity index is 2.02. The number of primary sulfonamides is 1. The molecule has 7 nitrogen and oxygen atoms in total. The summed E-state index contributed by atoms with van der Waals surface area (Å²) in [6, 6.07) is 11.6. The zero-order valence-corrected chi connectivity index (χ0v) is 17.4. The Bertz CT molecular complexity index is 1180. The quantitative estimate of drug-likeness (QED) is 0.636. The van der Waals surface area contributed by atoms with Gasteiger partial charge in [0.2, 0.25) is 10.0 Å². The molecule has 0 atom stereocenters. The van der Waals surface area contributed by atoms with Crippen molar-refractivity contribution in [1.29, 1.82) is 0 Å². The van der Waals surface area contributed by atoms with E-state index in [4.69, 9.17) is 21.5 Å². The van der Waals surface area contributed by atoms with Gasteiger partial charge in [0.05, 0.1) is 28.1 Å². The monoisotopic (exact) mass is 439 g/mol. The molecule has 1 aromatic heterocycles. The smallest absolute Gasteiger partial charge is 0.252 e. The highest BCUT2D eigenvalue weighted by Gasteiger charge is 2.13. The number of nitrogens with two attached hydrogens (primary N) is 1. The van der Waals surface area contributed by atoms with E-state index in [9.17, 15) is 13.2 Å². The van der Waals surface area contributed by atoms with Crippen molar-refractivity contribution in [3.8, 4) is 0 Å². The summed E-state index contributed by atoms with van der Waals surface area (Å²) in [5.41, 5.74) is 1.56. The van der Waals surface area contributed by atoms with Gasteiger partial charge in [-0.1, -0.05) is 35.1 Å². The van der Waals surface area contributed by atoms with E-state index in [1.165, 1.54) is 23.5 Å². The molecular weight excluding hydrogens is 422 g/mol. The predicted octanol–water partition coefficient (Wildman–Crippen LogP) is 2.32. The third kappa shape index (κ3) is 4.86. The van der Waals surface area contributed by atoms with E-state index in [2.05, 4.69) is 4.99 Å². The molecule has 0 saturated heterocycles. The standard InChI is InChI=1S/C18H18ClN3O4S2/c1-26-9-8-22-15-7-6-14(28(20,24)25)11-16(15)27-18(22)21-17(23)10-12-2-4-13(19)5-3-12/h2-7,11H,8-10H2,1H3,(H2,20,24,25). The molecule has 0 aliphatic heterocycles. The highest BCUT2D eigenvalue weighted by molar-refractivity contribution is 7.89. The van der Waals surface area contributed by atoms with E-state index in [1.54, 1.807) is 37.4 Å². The summed E-state index contributed by atoms with van der Waals surface area (Å²) in [4.78, 5) is 17.2. The van der Waals surface area contributed by atoms with E-state index >= 15 is 0 Å². The third-order valence-electron chi connectivity index (χ3n) is 3.99. The number of carbonyl (C=O) groups excluding carboxylic acids is 1. The molecule has 1 amide bonds. The fourth-order valence-corrected chi connectivity index (χ4v) is 4.49. The van der Waals surface area contributed by atoms with Gasteiger partial charge >= 0.3 is 0 Å². The van der Waals surface area contributed by atoms with Crippen LogP contribution in [0, 0.1) is 0 Å². The lowest BCUT2D eigenvalue weighted by molar-refractivity contribution is -0.117. The lowest BCUT2D eigenvalue weighted by Gasteiger charge is -2.05. The van der Waals surface area contributed by atoms with Gasteiger partial charge < -0.3 is 9.30 Å². The zero-order chi connectivity index (χ0) is 20.3. The van der Waals surface area contributed by atoms with Gasteiger partial charge in [0.1, 0.15) is 0 Å². The Morgan fingerprint density at radius 3 is 2.61 bits per heavy atom. The number of hydrogen-bond acceptors (Lipinski definition) is 5. The summed E-state index contributed by atoms with van der Waals surface area (Å²) < 4.78 is 30.9. The van der Waals surface area contributed by atoms with Crippen molar-refractivity contribution < 1.29 is 17.9 Å². The van der Waals surface area contributed by atoms with Crippen molar-refractivity contribution in [2.75, 3.05) is 13.7 Å². The second kappa shape index (κ2) is 8.54. The number of ether oxygens (including phenoxy) is 1. The Kier molecular flexibility index (Phi) is 6.31. The number of halogens is 1. The fourth-order valence-electron chi connectivity index (χ4n) is 2.64. The van der Waals surface area contributed by atoms with Crippen LogP contribution in [0.2, 0.25) is 5.02 Å². The van der Waals surface area contributed by atoms with E-state index in [-0.39, 0.29) is 17.2 Å². The van der Waals surface area contributed by atoms with Gasteiger partial charge in [0.15, 0.2) is 4.80 Å². The van der Waals surface area contributed by atoms with Crippen LogP contribution in [0.25, 0.3) is 10.2 Å². The number of rotatable bonds is 6. The van der Waals surface area contributed by atoms with Crippen molar-refractivity contribution in [1.82, 2.24) is 4.57 Å². The second-order valence-electron chi connectivity index (χ2n) is 6.01. The van der Waals surface area contributed by atoms with Crippen LogP contribution < -0.4 is 9.94 Å². The molecule has 0 bridgehead atoms. The summed E-state index contributed by atoms with van der Waals surface area (Å²) in [5.74, 6) is -0.313. The average molecular weight is 440 g/mol. The highest BCUT2D eigenvalue weighted by atomic mass is 35.5. The van der Waals surface area contributed by atoms with Gasteiger partial charge in [0, 0.05) is 18.7 Å². The van der Waals surface area contributed by atoms with Crippen molar-refractivity contribution in [2.45, 2.75) is 17.9 Å². The highest BCUT2D eigenvalue weighted by Crippen LogP contribution is 2.21. The van der Waals surface area contributed by atoms with Gasteiger partial charge in [-0.15, -0.1) is 0 Å². The third-order valence-corrected chi connectivity index (χ3v) is 6.19. The Labute approximate surface area is 171 Å². The molecule has 3 rings (SSSR count). The largest absolute Gasteiger partial charge is 0.383 e. The second-order valence-corrected chi connectivity index (χ2v) is 9.02. The lowest BCUT2D eigenvalue weighted by atomic mass is 10.1. The number of amides is 1. The first-order chi connectivity index (χ1) is 13.3. The van der Waals surface area contributed by atoms with Gasteiger partial charge in [-0.2, -0.15) is 4.99 Å². The van der Waals surface area contributed by atoms with E-state index in [0.717, 1.165) is 11.1 Å². The van der Waals surface area contributed by atoms with Gasteiger partial charge in [-0.3, -0.25) is 4.79 Å². The molecule has 148 valence electrons. The van der Waals surface area contributed by atoms with Crippen molar-refractivity contribution in [3.63, 3.8) is 0 Å². The van der Waals surface area contributed by atoms with Crippen LogP contribution in [-0.2, 0) is 32.5 Å². The van der Waals surface area contributed by atoms with Gasteiger partial charge in [-0.25, -0.2) is 13.6 Å². The first-order valence-electron chi connectivity index (χ1n) is 8.25. The molecule has 0 spiro atoms. The maximum Gasteiger partial charge on any atom is 0.252 e. The molecule has 28 heavy (non-hydrogen) atoms. The first kappa shape index (κ1) is 20.7. The molecule has 0 radical (unpaired) electrons. The van der Waals surface area contributed by atoms with Crippen LogP contribution in [0.15, 0.2) is 52.4 Å². The first-order valence-corrected chi connectivity index (χ1v) is 11.0. The topological polar surface area (TPSA) is 104 Å². The number of hydrogen-bond donors (Lipinski definition) is 1. The minimum absolute atomic E-state index is 0.0131.